The smallest absolute Gasteiger partial charge is 0.205 e. The lowest BCUT2D eigenvalue weighted by Gasteiger charge is -2.12. The second-order valence-electron chi connectivity index (χ2n) is 2.65. The molecule has 0 aliphatic heterocycles. The number of hydrogen-bond acceptors (Lipinski definition) is 0. The van der Waals surface area contributed by atoms with E-state index in [1.165, 1.54) is 0 Å². The molecule has 0 aliphatic rings. The summed E-state index contributed by atoms with van der Waals surface area (Å²) in [6.07, 6.45) is -8.66. The lowest BCUT2D eigenvalue weighted by atomic mass is 10.1. The van der Waals surface area contributed by atoms with E-state index in [-0.39, 0.29) is 12.1 Å². The van der Waals surface area contributed by atoms with Crippen LogP contribution in [0.3, 0.4) is 0 Å². The van der Waals surface area contributed by atoms with Crippen molar-refractivity contribution >= 4 is 0 Å². The van der Waals surface area contributed by atoms with Crippen LogP contribution in [0.4, 0.5) is 30.7 Å². The molecule has 0 spiro atoms. The molecule has 1 rings (SSSR count). The zero-order valence-electron chi connectivity index (χ0n) is 6.88. The minimum absolute atomic E-state index is 0.150. The van der Waals surface area contributed by atoms with Gasteiger partial charge in [-0.1, -0.05) is 0 Å². The zero-order chi connectivity index (χ0) is 11.8. The van der Waals surface area contributed by atoms with E-state index >= 15 is 0 Å². The Labute approximate surface area is 79.3 Å². The molecule has 0 atom stereocenters. The van der Waals surface area contributed by atoms with E-state index in [1.807, 2.05) is 0 Å². The summed E-state index contributed by atoms with van der Waals surface area (Å²) in [5, 5.41) is 0. The SMILES string of the molecule is Fc1cc(C(F)F)c(C(F)(F)F)cc1F. The summed E-state index contributed by atoms with van der Waals surface area (Å²) in [5.74, 6) is -3.55. The molecule has 0 saturated heterocycles. The van der Waals surface area contributed by atoms with Gasteiger partial charge in [-0.15, -0.1) is 0 Å². The lowest BCUT2D eigenvalue weighted by Crippen LogP contribution is -2.11. The van der Waals surface area contributed by atoms with Crippen molar-refractivity contribution in [3.8, 4) is 0 Å². The van der Waals surface area contributed by atoms with Crippen LogP contribution in [0.2, 0.25) is 0 Å². The van der Waals surface area contributed by atoms with Crippen molar-refractivity contribution in [3.63, 3.8) is 0 Å². The van der Waals surface area contributed by atoms with Gasteiger partial charge in [-0.2, -0.15) is 13.2 Å². The van der Waals surface area contributed by atoms with Gasteiger partial charge in [-0.25, -0.2) is 17.6 Å². The van der Waals surface area contributed by atoms with Gasteiger partial charge in [-0.3, -0.25) is 0 Å². The van der Waals surface area contributed by atoms with E-state index in [0.717, 1.165) is 0 Å². The predicted octanol–water partition coefficient (Wildman–Crippen LogP) is 3.92. The second kappa shape index (κ2) is 3.71. The highest BCUT2D eigenvalue weighted by molar-refractivity contribution is 5.32. The average Bonchev–Trinajstić information content (AvgIpc) is 2.06. The molecule has 1 aromatic rings. The number of halogens is 7. The fourth-order valence-electron chi connectivity index (χ4n) is 0.988. The fourth-order valence-corrected chi connectivity index (χ4v) is 0.988. The molecule has 0 nitrogen and oxygen atoms in total. The molecule has 0 aliphatic carbocycles. The van der Waals surface area contributed by atoms with E-state index < -0.39 is 35.4 Å². The average molecular weight is 232 g/mol. The van der Waals surface area contributed by atoms with Crippen molar-refractivity contribution < 1.29 is 30.7 Å². The van der Waals surface area contributed by atoms with E-state index in [9.17, 15) is 30.7 Å². The summed E-state index contributed by atoms with van der Waals surface area (Å²) in [4.78, 5) is 0. The zero-order valence-corrected chi connectivity index (χ0v) is 6.88. The summed E-state index contributed by atoms with van der Waals surface area (Å²) < 4.78 is 85.3. The maximum Gasteiger partial charge on any atom is 0.416 e. The summed E-state index contributed by atoms with van der Waals surface area (Å²) in [6, 6.07) is -0.431. The van der Waals surface area contributed by atoms with Gasteiger partial charge in [0.2, 0.25) is 0 Å². The molecule has 0 unspecified atom stereocenters. The minimum atomic E-state index is -5.14. The largest absolute Gasteiger partial charge is 0.416 e. The molecule has 0 radical (unpaired) electrons. The fraction of sp³-hybridized carbons (Fsp3) is 0.250. The molecular formula is C8H3F7. The van der Waals surface area contributed by atoms with Crippen molar-refractivity contribution in [2.75, 3.05) is 0 Å². The van der Waals surface area contributed by atoms with Crippen molar-refractivity contribution in [2.24, 2.45) is 0 Å². The number of hydrogen-bond donors (Lipinski definition) is 0. The molecule has 0 bridgehead atoms. The first kappa shape index (κ1) is 11.8. The number of rotatable bonds is 1. The molecule has 0 aromatic heterocycles. The van der Waals surface area contributed by atoms with Gasteiger partial charge in [0, 0.05) is 5.56 Å². The van der Waals surface area contributed by atoms with Crippen LogP contribution in [0.1, 0.15) is 17.6 Å². The molecule has 0 heterocycles. The third kappa shape index (κ3) is 2.40. The molecule has 15 heavy (non-hydrogen) atoms. The Morgan fingerprint density at radius 3 is 1.80 bits per heavy atom. The van der Waals surface area contributed by atoms with Crippen LogP contribution < -0.4 is 0 Å². The lowest BCUT2D eigenvalue weighted by molar-refractivity contribution is -0.139. The van der Waals surface area contributed by atoms with Crippen LogP contribution in [-0.4, -0.2) is 0 Å². The Balaban J connectivity index is 3.42. The van der Waals surface area contributed by atoms with Gasteiger partial charge in [-0.05, 0) is 12.1 Å². The monoisotopic (exact) mass is 232 g/mol. The first-order valence-electron chi connectivity index (χ1n) is 3.57. The van der Waals surface area contributed by atoms with Crippen molar-refractivity contribution in [1.29, 1.82) is 0 Å². The van der Waals surface area contributed by atoms with Crippen LogP contribution in [0.25, 0.3) is 0 Å². The Hall–Kier alpha value is -1.27. The third-order valence-corrected chi connectivity index (χ3v) is 1.63. The van der Waals surface area contributed by atoms with E-state index in [1.54, 1.807) is 0 Å². The summed E-state index contributed by atoms with van der Waals surface area (Å²) in [7, 11) is 0. The molecule has 1 aromatic carbocycles. The highest BCUT2D eigenvalue weighted by atomic mass is 19.4. The Kier molecular flexibility index (Phi) is 2.92. The van der Waals surface area contributed by atoms with Gasteiger partial charge in [0.05, 0.1) is 5.56 Å². The molecular weight excluding hydrogens is 229 g/mol. The van der Waals surface area contributed by atoms with Gasteiger partial charge < -0.3 is 0 Å². The van der Waals surface area contributed by atoms with Crippen molar-refractivity contribution in [1.82, 2.24) is 0 Å². The molecule has 0 saturated carbocycles. The van der Waals surface area contributed by atoms with Crippen LogP contribution in [0.5, 0.6) is 0 Å². The van der Waals surface area contributed by atoms with Crippen LogP contribution >= 0.6 is 0 Å². The highest BCUT2D eigenvalue weighted by Gasteiger charge is 2.36. The Morgan fingerprint density at radius 2 is 1.40 bits per heavy atom. The first-order valence-corrected chi connectivity index (χ1v) is 3.57. The second-order valence-corrected chi connectivity index (χ2v) is 2.65. The number of benzene rings is 1. The maximum atomic E-state index is 12.4. The standard InChI is InChI=1S/C8H3F7/c9-5-1-3(7(11)12)4(2-6(5)10)8(13,14)15/h1-2,7H. The third-order valence-electron chi connectivity index (χ3n) is 1.63. The van der Waals surface area contributed by atoms with Crippen LogP contribution in [0, 0.1) is 11.6 Å². The van der Waals surface area contributed by atoms with Gasteiger partial charge in [0.1, 0.15) is 0 Å². The summed E-state index contributed by atoms with van der Waals surface area (Å²) >= 11 is 0. The molecule has 7 heteroatoms. The number of alkyl halides is 5. The highest BCUT2D eigenvalue weighted by Crippen LogP contribution is 2.37. The molecule has 0 fully saturated rings. The van der Waals surface area contributed by atoms with Gasteiger partial charge in [0.25, 0.3) is 6.43 Å². The summed E-state index contributed by atoms with van der Waals surface area (Å²) in [5.41, 5.74) is -3.43. The first-order chi connectivity index (χ1) is 6.73. The molecule has 0 amide bonds. The quantitative estimate of drug-likeness (QED) is 0.643. The van der Waals surface area contributed by atoms with E-state index in [0.29, 0.717) is 0 Å². The normalized spacial score (nSPS) is 12.3. The molecule has 0 N–H and O–H groups in total. The van der Waals surface area contributed by atoms with Crippen LogP contribution in [-0.2, 0) is 6.18 Å². The predicted molar refractivity (Wildman–Crippen MR) is 36.3 cm³/mol. The van der Waals surface area contributed by atoms with E-state index in [2.05, 4.69) is 0 Å². The van der Waals surface area contributed by atoms with Gasteiger partial charge in [0.15, 0.2) is 11.6 Å². The van der Waals surface area contributed by atoms with Crippen LogP contribution in [0.15, 0.2) is 12.1 Å². The van der Waals surface area contributed by atoms with Crippen molar-refractivity contribution in [2.45, 2.75) is 12.6 Å². The topological polar surface area (TPSA) is 0 Å². The maximum absolute atomic E-state index is 12.4. The minimum Gasteiger partial charge on any atom is -0.205 e. The molecule has 84 valence electrons. The summed E-state index contributed by atoms with van der Waals surface area (Å²) in [6.45, 7) is 0. The van der Waals surface area contributed by atoms with Gasteiger partial charge >= 0.3 is 6.18 Å². The Bertz CT molecular complexity index is 366. The van der Waals surface area contributed by atoms with E-state index in [4.69, 9.17) is 0 Å². The van der Waals surface area contributed by atoms with Crippen molar-refractivity contribution in [3.05, 3.63) is 34.9 Å². The Morgan fingerprint density at radius 1 is 0.933 bits per heavy atom.